The predicted molar refractivity (Wildman–Crippen MR) is 139 cm³/mol. The van der Waals surface area contributed by atoms with Gasteiger partial charge in [-0.1, -0.05) is 59.6 Å². The molecule has 1 amide bonds. The molecule has 1 aliphatic rings. The van der Waals surface area contributed by atoms with Gasteiger partial charge in [-0.05, 0) is 66.2 Å². The third-order valence-corrected chi connectivity index (χ3v) is 6.45. The summed E-state index contributed by atoms with van der Waals surface area (Å²) in [5.41, 5.74) is 4.56. The monoisotopic (exact) mass is 484 g/mol. The van der Waals surface area contributed by atoms with Gasteiger partial charge in [-0.25, -0.2) is 0 Å². The van der Waals surface area contributed by atoms with E-state index in [9.17, 15) is 4.79 Å². The molecule has 0 radical (unpaired) electrons. The standard InChI is InChI=1S/C28H18Cl2N2O2/c29-18-5-3-7-20(14-18)31-24-16-25(32(28(24)33)21-8-4-6-19(30)15-21)17-11-12-27-23(13-17)22-9-1-2-10-26(22)34-27/h1-16,25,31H/t25-/m0/s1. The van der Waals surface area contributed by atoms with Crippen LogP contribution >= 0.6 is 23.2 Å². The number of para-hydroxylation sites is 1. The number of amides is 1. The Hall–Kier alpha value is -3.73. The fourth-order valence-electron chi connectivity index (χ4n) is 4.45. The molecule has 4 nitrogen and oxygen atoms in total. The highest BCUT2D eigenvalue weighted by molar-refractivity contribution is 6.31. The second-order valence-corrected chi connectivity index (χ2v) is 9.04. The number of carbonyl (C=O) groups excluding carboxylic acids is 1. The Morgan fingerprint density at radius 3 is 2.35 bits per heavy atom. The van der Waals surface area contributed by atoms with E-state index in [1.54, 1.807) is 29.2 Å². The molecule has 6 heteroatoms. The van der Waals surface area contributed by atoms with Gasteiger partial charge in [0.15, 0.2) is 0 Å². The number of hydrogen-bond donors (Lipinski definition) is 1. The zero-order valence-electron chi connectivity index (χ0n) is 17.8. The summed E-state index contributed by atoms with van der Waals surface area (Å²) in [5.74, 6) is -0.149. The van der Waals surface area contributed by atoms with Crippen LogP contribution in [0.1, 0.15) is 11.6 Å². The minimum Gasteiger partial charge on any atom is -0.456 e. The van der Waals surface area contributed by atoms with Gasteiger partial charge in [0.2, 0.25) is 0 Å². The van der Waals surface area contributed by atoms with E-state index in [1.165, 1.54) is 0 Å². The van der Waals surface area contributed by atoms with Gasteiger partial charge in [0.05, 0.1) is 6.04 Å². The van der Waals surface area contributed by atoms with Gasteiger partial charge in [0.25, 0.3) is 5.91 Å². The van der Waals surface area contributed by atoms with Crippen molar-refractivity contribution in [2.45, 2.75) is 6.04 Å². The number of fused-ring (bicyclic) bond motifs is 3. The van der Waals surface area contributed by atoms with Crippen molar-refractivity contribution in [1.29, 1.82) is 0 Å². The van der Waals surface area contributed by atoms with E-state index in [-0.39, 0.29) is 11.9 Å². The average molecular weight is 485 g/mol. The minimum atomic E-state index is -0.328. The first-order valence-electron chi connectivity index (χ1n) is 10.8. The zero-order valence-corrected chi connectivity index (χ0v) is 19.3. The summed E-state index contributed by atoms with van der Waals surface area (Å²) in [7, 11) is 0. The van der Waals surface area contributed by atoms with E-state index < -0.39 is 0 Å². The van der Waals surface area contributed by atoms with Crippen molar-refractivity contribution in [3.63, 3.8) is 0 Å². The van der Waals surface area contributed by atoms with Crippen LogP contribution in [0.5, 0.6) is 0 Å². The molecule has 0 bridgehead atoms. The molecule has 0 saturated carbocycles. The van der Waals surface area contributed by atoms with E-state index in [4.69, 9.17) is 27.6 Å². The molecule has 0 spiro atoms. The van der Waals surface area contributed by atoms with Crippen molar-refractivity contribution in [2.24, 2.45) is 0 Å². The van der Waals surface area contributed by atoms with Gasteiger partial charge < -0.3 is 9.73 Å². The molecule has 6 rings (SSSR count). The van der Waals surface area contributed by atoms with Crippen LogP contribution in [0.4, 0.5) is 11.4 Å². The Balaban J connectivity index is 1.47. The van der Waals surface area contributed by atoms with Crippen LogP contribution in [0.15, 0.2) is 107 Å². The van der Waals surface area contributed by atoms with Crippen LogP contribution in [0, 0.1) is 0 Å². The normalized spacial score (nSPS) is 15.8. The lowest BCUT2D eigenvalue weighted by atomic mass is 10.0. The van der Waals surface area contributed by atoms with Crippen LogP contribution in [0.3, 0.4) is 0 Å². The van der Waals surface area contributed by atoms with Gasteiger partial charge in [0.1, 0.15) is 16.9 Å². The van der Waals surface area contributed by atoms with Gasteiger partial charge in [-0.15, -0.1) is 0 Å². The molecular weight excluding hydrogens is 467 g/mol. The molecule has 1 atom stereocenters. The lowest BCUT2D eigenvalue weighted by Gasteiger charge is -2.25. The molecular formula is C28H18Cl2N2O2. The summed E-state index contributed by atoms with van der Waals surface area (Å²) >= 11 is 12.4. The van der Waals surface area contributed by atoms with Gasteiger partial charge in [0, 0.05) is 32.2 Å². The highest BCUT2D eigenvalue weighted by Gasteiger charge is 2.35. The second-order valence-electron chi connectivity index (χ2n) is 8.17. The first kappa shape index (κ1) is 20.8. The quantitative estimate of drug-likeness (QED) is 0.281. The van der Waals surface area contributed by atoms with Gasteiger partial charge >= 0.3 is 0 Å². The lowest BCUT2D eigenvalue weighted by molar-refractivity contribution is -0.114. The SMILES string of the molecule is O=C1C(Nc2cccc(Cl)c2)=C[C@@H](c2ccc3oc4ccccc4c3c2)N1c1cccc(Cl)c1. The number of nitrogens with zero attached hydrogens (tertiary/aromatic N) is 1. The second kappa shape index (κ2) is 8.24. The fraction of sp³-hybridized carbons (Fsp3) is 0.0357. The molecule has 1 aromatic heterocycles. The minimum absolute atomic E-state index is 0.149. The Morgan fingerprint density at radius 2 is 1.53 bits per heavy atom. The molecule has 0 aliphatic carbocycles. The number of halogens is 2. The van der Waals surface area contributed by atoms with Crippen LogP contribution in [0.25, 0.3) is 21.9 Å². The first-order chi connectivity index (χ1) is 16.6. The summed E-state index contributed by atoms with van der Waals surface area (Å²) in [6, 6.07) is 28.3. The number of carbonyl (C=O) groups is 1. The zero-order chi connectivity index (χ0) is 23.2. The highest BCUT2D eigenvalue weighted by atomic mass is 35.5. The summed E-state index contributed by atoms with van der Waals surface area (Å²) in [5, 5.41) is 6.45. The van der Waals surface area contributed by atoms with Crippen LogP contribution in [-0.4, -0.2) is 5.91 Å². The maximum atomic E-state index is 13.6. The third kappa shape index (κ3) is 3.61. The largest absolute Gasteiger partial charge is 0.456 e. The molecule has 0 saturated heterocycles. The summed E-state index contributed by atoms with van der Waals surface area (Å²) in [6.45, 7) is 0. The Morgan fingerprint density at radius 1 is 0.765 bits per heavy atom. The number of hydrogen-bond acceptors (Lipinski definition) is 3. The van der Waals surface area contributed by atoms with E-state index in [2.05, 4.69) is 11.4 Å². The van der Waals surface area contributed by atoms with Gasteiger partial charge in [-0.3, -0.25) is 9.69 Å². The molecule has 4 aromatic carbocycles. The topological polar surface area (TPSA) is 45.5 Å². The van der Waals surface area contributed by atoms with E-state index in [0.717, 1.165) is 38.9 Å². The molecule has 5 aromatic rings. The van der Waals surface area contributed by atoms with Crippen molar-refractivity contribution in [3.05, 3.63) is 118 Å². The lowest BCUT2D eigenvalue weighted by Crippen LogP contribution is -2.30. The average Bonchev–Trinajstić information content (AvgIpc) is 3.36. The van der Waals surface area contributed by atoms with Gasteiger partial charge in [-0.2, -0.15) is 0 Å². The molecule has 166 valence electrons. The maximum absolute atomic E-state index is 13.6. The van der Waals surface area contributed by atoms with Crippen LogP contribution in [-0.2, 0) is 4.79 Å². The predicted octanol–water partition coefficient (Wildman–Crippen LogP) is 7.98. The first-order valence-corrected chi connectivity index (χ1v) is 11.6. The number of rotatable bonds is 4. The number of furan rings is 1. The van der Waals surface area contributed by atoms with Crippen molar-refractivity contribution >= 4 is 62.4 Å². The Labute approximate surface area is 206 Å². The van der Waals surface area contributed by atoms with Crippen molar-refractivity contribution in [3.8, 4) is 0 Å². The number of anilines is 2. The summed E-state index contributed by atoms with van der Waals surface area (Å²) in [6.07, 6.45) is 1.94. The van der Waals surface area contributed by atoms with E-state index in [0.29, 0.717) is 15.7 Å². The molecule has 34 heavy (non-hydrogen) atoms. The maximum Gasteiger partial charge on any atom is 0.275 e. The van der Waals surface area contributed by atoms with Crippen molar-refractivity contribution in [1.82, 2.24) is 0 Å². The molecule has 1 N–H and O–H groups in total. The van der Waals surface area contributed by atoms with Crippen molar-refractivity contribution < 1.29 is 9.21 Å². The smallest absolute Gasteiger partial charge is 0.275 e. The fourth-order valence-corrected chi connectivity index (χ4v) is 4.83. The summed E-state index contributed by atoms with van der Waals surface area (Å²) in [4.78, 5) is 15.4. The summed E-state index contributed by atoms with van der Waals surface area (Å²) < 4.78 is 5.99. The molecule has 2 heterocycles. The highest BCUT2D eigenvalue weighted by Crippen LogP contribution is 2.39. The Bertz CT molecular complexity index is 1600. The number of nitrogens with one attached hydrogen (secondary N) is 1. The van der Waals surface area contributed by atoms with Crippen LogP contribution < -0.4 is 10.2 Å². The Kier molecular flexibility index (Phi) is 5.05. The molecule has 1 aliphatic heterocycles. The van der Waals surface area contributed by atoms with E-state index >= 15 is 0 Å². The van der Waals surface area contributed by atoms with Crippen LogP contribution in [0.2, 0.25) is 10.0 Å². The third-order valence-electron chi connectivity index (χ3n) is 5.98. The van der Waals surface area contributed by atoms with Crippen molar-refractivity contribution in [2.75, 3.05) is 10.2 Å². The van der Waals surface area contributed by atoms with E-state index in [1.807, 2.05) is 66.7 Å². The number of benzene rings is 4. The molecule has 0 unspecified atom stereocenters. The molecule has 0 fully saturated rings.